The summed E-state index contributed by atoms with van der Waals surface area (Å²) in [4.78, 5) is 12.2. The summed E-state index contributed by atoms with van der Waals surface area (Å²) in [6.07, 6.45) is 1.10. The molecule has 1 aliphatic rings. The van der Waals surface area contributed by atoms with Gasteiger partial charge in [-0.25, -0.2) is 0 Å². The van der Waals surface area contributed by atoms with Crippen molar-refractivity contribution in [1.29, 1.82) is 0 Å². The molecule has 0 bridgehead atoms. The third-order valence-electron chi connectivity index (χ3n) is 4.02. The molecule has 1 saturated heterocycles. The third kappa shape index (κ3) is 4.18. The van der Waals surface area contributed by atoms with Gasteiger partial charge in [-0.05, 0) is 42.9 Å². The Morgan fingerprint density at radius 2 is 1.81 bits per heavy atom. The van der Waals surface area contributed by atoms with Crippen LogP contribution in [0.3, 0.4) is 0 Å². The molecule has 1 aliphatic heterocycles. The average molecular weight is 286 g/mol. The smallest absolute Gasteiger partial charge is 0.247 e. The first-order valence-corrected chi connectivity index (χ1v) is 7.76. The summed E-state index contributed by atoms with van der Waals surface area (Å²) in [7, 11) is 0. The van der Waals surface area contributed by atoms with E-state index in [1.807, 2.05) is 13.8 Å². The molecule has 1 aromatic rings. The number of benzene rings is 1. The molecule has 3 heteroatoms. The van der Waals surface area contributed by atoms with E-state index in [1.54, 1.807) is 0 Å². The standard InChI is InChI=1S/C18H26N2O/c1-12(2)9-15-5-7-16(8-6-15)14(4)20-18(21)13(3)17-10-19-11-17/h5-8,12,14,19H,9-11H2,1-4H3,(H,20,21). The SMILES string of the molecule is CC(C(=O)NC(C)c1ccc(CC(C)C)cc1)=C1CNC1. The minimum Gasteiger partial charge on any atom is -0.346 e. The lowest BCUT2D eigenvalue weighted by atomic mass is 9.99. The molecule has 114 valence electrons. The topological polar surface area (TPSA) is 41.1 Å². The van der Waals surface area contributed by atoms with Crippen LogP contribution in [0.15, 0.2) is 35.4 Å². The number of amides is 1. The molecule has 21 heavy (non-hydrogen) atoms. The van der Waals surface area contributed by atoms with E-state index in [4.69, 9.17) is 0 Å². The van der Waals surface area contributed by atoms with Crippen LogP contribution in [0.1, 0.15) is 44.9 Å². The second-order valence-corrected chi connectivity index (χ2v) is 6.37. The zero-order chi connectivity index (χ0) is 15.4. The number of rotatable bonds is 5. The van der Waals surface area contributed by atoms with Crippen LogP contribution in [0, 0.1) is 5.92 Å². The van der Waals surface area contributed by atoms with Gasteiger partial charge >= 0.3 is 0 Å². The fourth-order valence-electron chi connectivity index (χ4n) is 2.48. The minimum absolute atomic E-state index is 0.0363. The molecule has 1 atom stereocenters. The largest absolute Gasteiger partial charge is 0.346 e. The van der Waals surface area contributed by atoms with Gasteiger partial charge in [0.05, 0.1) is 6.04 Å². The Kier molecular flexibility index (Phi) is 5.18. The molecule has 0 radical (unpaired) electrons. The van der Waals surface area contributed by atoms with Crippen molar-refractivity contribution in [3.05, 3.63) is 46.5 Å². The summed E-state index contributed by atoms with van der Waals surface area (Å²) in [5.74, 6) is 0.712. The fraction of sp³-hybridized carbons (Fsp3) is 0.500. The minimum atomic E-state index is 0.0363. The molecule has 1 fully saturated rings. The Morgan fingerprint density at radius 1 is 1.19 bits per heavy atom. The molecular formula is C18H26N2O. The number of hydrogen-bond donors (Lipinski definition) is 2. The quantitative estimate of drug-likeness (QED) is 0.817. The molecule has 1 aromatic carbocycles. The second-order valence-electron chi connectivity index (χ2n) is 6.37. The van der Waals surface area contributed by atoms with Crippen molar-refractivity contribution in [2.24, 2.45) is 5.92 Å². The molecule has 2 N–H and O–H groups in total. The molecular weight excluding hydrogens is 260 g/mol. The lowest BCUT2D eigenvalue weighted by molar-refractivity contribution is -0.118. The molecule has 1 heterocycles. The highest BCUT2D eigenvalue weighted by Gasteiger charge is 2.17. The second kappa shape index (κ2) is 6.90. The Morgan fingerprint density at radius 3 is 2.29 bits per heavy atom. The van der Waals surface area contributed by atoms with Crippen LogP contribution in [-0.2, 0) is 11.2 Å². The highest BCUT2D eigenvalue weighted by molar-refractivity contribution is 5.94. The maximum atomic E-state index is 12.2. The van der Waals surface area contributed by atoms with Gasteiger partial charge < -0.3 is 10.6 Å². The zero-order valence-corrected chi connectivity index (χ0v) is 13.5. The summed E-state index contributed by atoms with van der Waals surface area (Å²) in [5.41, 5.74) is 4.58. The monoisotopic (exact) mass is 286 g/mol. The van der Waals surface area contributed by atoms with Gasteiger partial charge in [0.15, 0.2) is 0 Å². The number of hydrogen-bond acceptors (Lipinski definition) is 2. The van der Waals surface area contributed by atoms with E-state index >= 15 is 0 Å². The molecule has 0 spiro atoms. The van der Waals surface area contributed by atoms with Crippen LogP contribution in [0.25, 0.3) is 0 Å². The zero-order valence-electron chi connectivity index (χ0n) is 13.5. The van der Waals surface area contributed by atoms with Crippen LogP contribution in [0.5, 0.6) is 0 Å². The Balaban J connectivity index is 1.96. The maximum absolute atomic E-state index is 12.2. The lowest BCUT2D eigenvalue weighted by Gasteiger charge is -2.23. The maximum Gasteiger partial charge on any atom is 0.247 e. The van der Waals surface area contributed by atoms with Gasteiger partial charge in [-0.3, -0.25) is 4.79 Å². The Bertz CT molecular complexity index is 523. The van der Waals surface area contributed by atoms with E-state index in [1.165, 1.54) is 11.1 Å². The van der Waals surface area contributed by atoms with Crippen LogP contribution in [-0.4, -0.2) is 19.0 Å². The van der Waals surface area contributed by atoms with Crippen molar-refractivity contribution in [1.82, 2.24) is 10.6 Å². The summed E-state index contributed by atoms with van der Waals surface area (Å²) in [6, 6.07) is 8.61. The number of carbonyl (C=O) groups is 1. The van der Waals surface area contributed by atoms with E-state index in [-0.39, 0.29) is 11.9 Å². The van der Waals surface area contributed by atoms with Crippen molar-refractivity contribution in [2.75, 3.05) is 13.1 Å². The molecule has 0 saturated carbocycles. The molecule has 2 rings (SSSR count). The van der Waals surface area contributed by atoms with Crippen molar-refractivity contribution in [3.8, 4) is 0 Å². The molecule has 1 unspecified atom stereocenters. The predicted molar refractivity (Wildman–Crippen MR) is 87.1 cm³/mol. The van der Waals surface area contributed by atoms with Gasteiger partial charge in [-0.15, -0.1) is 0 Å². The first-order valence-electron chi connectivity index (χ1n) is 7.76. The Hall–Kier alpha value is -1.61. The van der Waals surface area contributed by atoms with Crippen molar-refractivity contribution in [2.45, 2.75) is 40.2 Å². The highest BCUT2D eigenvalue weighted by atomic mass is 16.1. The summed E-state index contributed by atoms with van der Waals surface area (Å²) < 4.78 is 0. The van der Waals surface area contributed by atoms with Gasteiger partial charge in [0.25, 0.3) is 0 Å². The normalized spacial score (nSPS) is 15.6. The first kappa shape index (κ1) is 15.8. The van der Waals surface area contributed by atoms with E-state index in [2.05, 4.69) is 48.7 Å². The lowest BCUT2D eigenvalue weighted by Crippen LogP contribution is -2.38. The summed E-state index contributed by atoms with van der Waals surface area (Å²) >= 11 is 0. The molecule has 3 nitrogen and oxygen atoms in total. The summed E-state index contributed by atoms with van der Waals surface area (Å²) in [5, 5.41) is 6.25. The van der Waals surface area contributed by atoms with Crippen LogP contribution < -0.4 is 10.6 Å². The van der Waals surface area contributed by atoms with Gasteiger partial charge in [0, 0.05) is 18.7 Å². The van der Waals surface area contributed by atoms with E-state index in [0.29, 0.717) is 5.92 Å². The van der Waals surface area contributed by atoms with Gasteiger partial charge in [-0.1, -0.05) is 38.1 Å². The third-order valence-corrected chi connectivity index (χ3v) is 4.02. The van der Waals surface area contributed by atoms with E-state index in [0.717, 1.165) is 30.6 Å². The van der Waals surface area contributed by atoms with Crippen molar-refractivity contribution < 1.29 is 4.79 Å². The van der Waals surface area contributed by atoms with Crippen molar-refractivity contribution >= 4 is 5.91 Å². The molecule has 0 aromatic heterocycles. The van der Waals surface area contributed by atoms with Crippen LogP contribution in [0.2, 0.25) is 0 Å². The van der Waals surface area contributed by atoms with E-state index in [9.17, 15) is 4.79 Å². The molecule has 0 aliphatic carbocycles. The van der Waals surface area contributed by atoms with Gasteiger partial charge in [0.1, 0.15) is 0 Å². The predicted octanol–water partition coefficient (Wildman–Crippen LogP) is 2.98. The molecule has 1 amide bonds. The van der Waals surface area contributed by atoms with Gasteiger partial charge in [0.2, 0.25) is 5.91 Å². The van der Waals surface area contributed by atoms with Crippen LogP contribution in [0.4, 0.5) is 0 Å². The van der Waals surface area contributed by atoms with Gasteiger partial charge in [-0.2, -0.15) is 0 Å². The fourth-order valence-corrected chi connectivity index (χ4v) is 2.48. The number of carbonyl (C=O) groups excluding carboxylic acids is 1. The number of nitrogens with one attached hydrogen (secondary N) is 2. The van der Waals surface area contributed by atoms with Crippen LogP contribution >= 0.6 is 0 Å². The summed E-state index contributed by atoms with van der Waals surface area (Å²) in [6.45, 7) is 10.1. The van der Waals surface area contributed by atoms with Crippen molar-refractivity contribution in [3.63, 3.8) is 0 Å². The highest BCUT2D eigenvalue weighted by Crippen LogP contribution is 2.17. The Labute approximate surface area is 127 Å². The average Bonchev–Trinajstić information content (AvgIpc) is 2.36. The first-order chi connectivity index (χ1) is 9.97. The van der Waals surface area contributed by atoms with E-state index < -0.39 is 0 Å².